The Morgan fingerprint density at radius 2 is 2.29 bits per heavy atom. The summed E-state index contributed by atoms with van der Waals surface area (Å²) in [5.41, 5.74) is 5.69. The molecule has 0 spiro atoms. The molecular weight excluding hydrogens is 245 g/mol. The maximum absolute atomic E-state index is 12.9. The van der Waals surface area contributed by atoms with Gasteiger partial charge < -0.3 is 11.1 Å². The summed E-state index contributed by atoms with van der Waals surface area (Å²) in [4.78, 5) is 11.3. The van der Waals surface area contributed by atoms with Crippen molar-refractivity contribution in [1.29, 1.82) is 5.26 Å². The van der Waals surface area contributed by atoms with Gasteiger partial charge in [0.25, 0.3) is 0 Å². The lowest BCUT2D eigenvalue weighted by molar-refractivity contribution is -0.118. The first kappa shape index (κ1) is 13.1. The van der Waals surface area contributed by atoms with Gasteiger partial charge in [-0.1, -0.05) is 0 Å². The van der Waals surface area contributed by atoms with Crippen LogP contribution in [0.4, 0.5) is 10.1 Å². The molecule has 0 aliphatic rings. The zero-order valence-electron chi connectivity index (χ0n) is 8.77. The summed E-state index contributed by atoms with van der Waals surface area (Å²) < 4.78 is 24.6. The summed E-state index contributed by atoms with van der Waals surface area (Å²) >= 11 is 0. The minimum Gasteiger partial charge on any atom is -0.398 e. The van der Waals surface area contributed by atoms with Crippen LogP contribution in [0.25, 0.3) is 0 Å². The summed E-state index contributed by atoms with van der Waals surface area (Å²) in [5.74, 6) is -1.47. The number of benzene rings is 1. The molecule has 1 aromatic rings. The molecule has 0 saturated carbocycles. The molecule has 0 fully saturated rings. The van der Waals surface area contributed by atoms with Crippen LogP contribution in [0.1, 0.15) is 0 Å². The second kappa shape index (κ2) is 5.96. The molecule has 7 heteroatoms. The SMILES string of the molecule is N#CCNC(=O)CS(=O)c1cc(F)ccc1N. The van der Waals surface area contributed by atoms with Crippen molar-refractivity contribution in [2.45, 2.75) is 4.90 Å². The van der Waals surface area contributed by atoms with Gasteiger partial charge in [-0.05, 0) is 18.2 Å². The van der Waals surface area contributed by atoms with E-state index in [0.29, 0.717) is 0 Å². The Hall–Kier alpha value is -1.94. The molecule has 0 aliphatic carbocycles. The van der Waals surface area contributed by atoms with Gasteiger partial charge in [-0.2, -0.15) is 5.26 Å². The fraction of sp³-hybridized carbons (Fsp3) is 0.200. The molecule has 0 bridgehead atoms. The Labute approximate surface area is 99.9 Å². The van der Waals surface area contributed by atoms with Gasteiger partial charge in [-0.3, -0.25) is 9.00 Å². The van der Waals surface area contributed by atoms with Crippen LogP contribution < -0.4 is 11.1 Å². The van der Waals surface area contributed by atoms with Crippen molar-refractivity contribution < 1.29 is 13.4 Å². The number of nitrogens with two attached hydrogens (primary N) is 1. The highest BCUT2D eigenvalue weighted by Crippen LogP contribution is 2.17. The summed E-state index contributed by atoms with van der Waals surface area (Å²) in [6.07, 6.45) is 0. The van der Waals surface area contributed by atoms with Crippen LogP contribution in [0.3, 0.4) is 0 Å². The maximum atomic E-state index is 12.9. The third kappa shape index (κ3) is 3.85. The number of rotatable bonds is 4. The number of hydrogen-bond acceptors (Lipinski definition) is 4. The zero-order chi connectivity index (χ0) is 12.8. The van der Waals surface area contributed by atoms with Gasteiger partial charge in [0.15, 0.2) is 0 Å². The highest BCUT2D eigenvalue weighted by molar-refractivity contribution is 7.86. The molecule has 1 unspecified atom stereocenters. The lowest BCUT2D eigenvalue weighted by Gasteiger charge is -2.05. The van der Waals surface area contributed by atoms with Crippen LogP contribution in [-0.2, 0) is 15.6 Å². The van der Waals surface area contributed by atoms with Crippen molar-refractivity contribution in [3.63, 3.8) is 0 Å². The molecule has 1 aromatic carbocycles. The van der Waals surface area contributed by atoms with Crippen molar-refractivity contribution in [2.24, 2.45) is 0 Å². The topological polar surface area (TPSA) is 96.0 Å². The van der Waals surface area contributed by atoms with Gasteiger partial charge in [0.1, 0.15) is 18.1 Å². The Bertz CT molecular complexity index is 499. The fourth-order valence-electron chi connectivity index (χ4n) is 1.09. The smallest absolute Gasteiger partial charge is 0.233 e. The fourth-order valence-corrected chi connectivity index (χ4v) is 2.16. The molecule has 0 radical (unpaired) electrons. The van der Waals surface area contributed by atoms with Crippen LogP contribution in [-0.4, -0.2) is 22.4 Å². The van der Waals surface area contributed by atoms with Gasteiger partial charge in [0, 0.05) is 5.69 Å². The molecule has 1 amide bonds. The Balaban J connectivity index is 2.73. The van der Waals surface area contributed by atoms with E-state index in [0.717, 1.165) is 12.1 Å². The second-order valence-corrected chi connectivity index (χ2v) is 4.53. The number of amides is 1. The quantitative estimate of drug-likeness (QED) is 0.591. The molecule has 0 saturated heterocycles. The average Bonchev–Trinajstić information content (AvgIpc) is 2.29. The summed E-state index contributed by atoms with van der Waals surface area (Å²) in [6, 6.07) is 5.18. The Kier molecular flexibility index (Phi) is 4.60. The molecule has 5 nitrogen and oxygen atoms in total. The number of nitrogens with one attached hydrogen (secondary N) is 1. The van der Waals surface area contributed by atoms with Crippen molar-refractivity contribution in [3.8, 4) is 6.07 Å². The first-order valence-electron chi connectivity index (χ1n) is 4.61. The summed E-state index contributed by atoms with van der Waals surface area (Å²) in [6.45, 7) is -0.158. The third-order valence-electron chi connectivity index (χ3n) is 1.85. The van der Waals surface area contributed by atoms with Crippen LogP contribution in [0.2, 0.25) is 0 Å². The number of halogens is 1. The van der Waals surface area contributed by atoms with Gasteiger partial charge in [-0.25, -0.2) is 4.39 Å². The van der Waals surface area contributed by atoms with Crippen molar-refractivity contribution in [1.82, 2.24) is 5.32 Å². The molecule has 90 valence electrons. The number of nitriles is 1. The molecule has 0 aromatic heterocycles. The first-order chi connectivity index (χ1) is 8.04. The zero-order valence-corrected chi connectivity index (χ0v) is 9.59. The maximum Gasteiger partial charge on any atom is 0.233 e. The van der Waals surface area contributed by atoms with E-state index < -0.39 is 22.5 Å². The van der Waals surface area contributed by atoms with E-state index in [4.69, 9.17) is 11.0 Å². The molecule has 17 heavy (non-hydrogen) atoms. The number of carbonyl (C=O) groups excluding carboxylic acids is 1. The van der Waals surface area contributed by atoms with E-state index >= 15 is 0 Å². The standard InChI is InChI=1S/C10H10FN3O2S/c11-7-1-2-8(13)9(5-7)17(16)6-10(15)14-4-3-12/h1-2,5H,4,6,13H2,(H,14,15). The highest BCUT2D eigenvalue weighted by atomic mass is 32.2. The van der Waals surface area contributed by atoms with Crippen LogP contribution >= 0.6 is 0 Å². The first-order valence-corrected chi connectivity index (χ1v) is 5.93. The van der Waals surface area contributed by atoms with Gasteiger partial charge >= 0.3 is 0 Å². The van der Waals surface area contributed by atoms with E-state index in [9.17, 15) is 13.4 Å². The molecule has 0 heterocycles. The second-order valence-electron chi connectivity index (χ2n) is 3.11. The lowest BCUT2D eigenvalue weighted by atomic mass is 10.3. The predicted octanol–water partition coefficient (Wildman–Crippen LogP) is 0.155. The molecule has 3 N–H and O–H groups in total. The Morgan fingerprint density at radius 3 is 2.94 bits per heavy atom. The van der Waals surface area contributed by atoms with Gasteiger partial charge in [0.05, 0.1) is 21.8 Å². The number of carbonyl (C=O) groups is 1. The Morgan fingerprint density at radius 1 is 1.59 bits per heavy atom. The lowest BCUT2D eigenvalue weighted by Crippen LogP contribution is -2.28. The summed E-state index contributed by atoms with van der Waals surface area (Å²) in [7, 11) is -1.73. The van der Waals surface area contributed by atoms with Crippen LogP contribution in [0.15, 0.2) is 23.1 Å². The minimum atomic E-state index is -1.73. The van der Waals surface area contributed by atoms with Crippen molar-refractivity contribution in [2.75, 3.05) is 18.0 Å². The third-order valence-corrected chi connectivity index (χ3v) is 3.22. The molecule has 1 rings (SSSR count). The number of hydrogen-bond donors (Lipinski definition) is 2. The number of nitrogens with zero attached hydrogens (tertiary/aromatic N) is 1. The number of nitrogen functional groups attached to an aromatic ring is 1. The van der Waals surface area contributed by atoms with E-state index in [1.165, 1.54) is 6.07 Å². The van der Waals surface area contributed by atoms with Crippen molar-refractivity contribution in [3.05, 3.63) is 24.0 Å². The minimum absolute atomic E-state index is 0.0807. The van der Waals surface area contributed by atoms with Gasteiger partial charge in [0.2, 0.25) is 5.91 Å². The predicted molar refractivity (Wildman–Crippen MR) is 60.7 cm³/mol. The van der Waals surface area contributed by atoms with Crippen LogP contribution in [0.5, 0.6) is 0 Å². The largest absolute Gasteiger partial charge is 0.398 e. The van der Waals surface area contributed by atoms with E-state index in [2.05, 4.69) is 5.32 Å². The van der Waals surface area contributed by atoms with E-state index in [1.54, 1.807) is 6.07 Å². The average molecular weight is 255 g/mol. The molecule has 0 aliphatic heterocycles. The highest BCUT2D eigenvalue weighted by Gasteiger charge is 2.13. The normalized spacial score (nSPS) is 11.5. The molecule has 1 atom stereocenters. The number of anilines is 1. The van der Waals surface area contributed by atoms with Gasteiger partial charge in [-0.15, -0.1) is 0 Å². The molecular formula is C10H10FN3O2S. The van der Waals surface area contributed by atoms with E-state index in [1.807, 2.05) is 0 Å². The van der Waals surface area contributed by atoms with Crippen molar-refractivity contribution >= 4 is 22.4 Å². The monoisotopic (exact) mass is 255 g/mol. The van der Waals surface area contributed by atoms with E-state index in [-0.39, 0.29) is 22.9 Å². The summed E-state index contributed by atoms with van der Waals surface area (Å²) in [5, 5.41) is 10.5. The van der Waals surface area contributed by atoms with Crippen LogP contribution in [0, 0.1) is 17.1 Å².